The Morgan fingerprint density at radius 1 is 1.14 bits per heavy atom. The highest BCUT2D eigenvalue weighted by molar-refractivity contribution is 6.42. The quantitative estimate of drug-likeness (QED) is 0.719. The molecule has 146 valence electrons. The highest BCUT2D eigenvalue weighted by Crippen LogP contribution is 2.33. The van der Waals surface area contributed by atoms with Gasteiger partial charge in [-0.05, 0) is 42.7 Å². The number of nitrogens with zero attached hydrogens (tertiary/aromatic N) is 1. The van der Waals surface area contributed by atoms with E-state index in [9.17, 15) is 14.4 Å². The highest BCUT2D eigenvalue weighted by atomic mass is 35.5. The summed E-state index contributed by atoms with van der Waals surface area (Å²) in [4.78, 5) is 38.7. The van der Waals surface area contributed by atoms with Gasteiger partial charge in [-0.25, -0.2) is 4.79 Å². The van der Waals surface area contributed by atoms with Gasteiger partial charge in [-0.15, -0.1) is 0 Å². The van der Waals surface area contributed by atoms with E-state index < -0.39 is 23.4 Å². The molecule has 0 spiro atoms. The first kappa shape index (κ1) is 20.2. The number of urea groups is 1. The van der Waals surface area contributed by atoms with E-state index >= 15 is 0 Å². The number of carbonyl (C=O) groups excluding carboxylic acids is 3. The van der Waals surface area contributed by atoms with Crippen LogP contribution in [0.25, 0.3) is 0 Å². The van der Waals surface area contributed by atoms with Crippen molar-refractivity contribution in [2.75, 3.05) is 11.9 Å². The van der Waals surface area contributed by atoms with Crippen molar-refractivity contribution in [2.45, 2.75) is 25.8 Å². The molecule has 0 aliphatic carbocycles. The van der Waals surface area contributed by atoms with E-state index in [1.54, 1.807) is 25.1 Å². The van der Waals surface area contributed by atoms with E-state index in [-0.39, 0.29) is 11.6 Å². The normalized spacial score (nSPS) is 18.9. The Hall–Kier alpha value is -2.57. The van der Waals surface area contributed by atoms with Gasteiger partial charge in [0.2, 0.25) is 5.91 Å². The molecular weight excluding hydrogens is 401 g/mol. The first-order valence-corrected chi connectivity index (χ1v) is 9.49. The van der Waals surface area contributed by atoms with Crippen LogP contribution in [0.3, 0.4) is 0 Å². The number of aryl methyl sites for hydroxylation is 1. The van der Waals surface area contributed by atoms with Crippen LogP contribution in [0.15, 0.2) is 42.5 Å². The summed E-state index contributed by atoms with van der Waals surface area (Å²) in [7, 11) is 0. The molecule has 1 aliphatic heterocycles. The molecule has 2 N–H and O–H groups in total. The average molecular weight is 420 g/mol. The van der Waals surface area contributed by atoms with Crippen molar-refractivity contribution < 1.29 is 14.4 Å². The lowest BCUT2D eigenvalue weighted by molar-refractivity contribution is -0.133. The topological polar surface area (TPSA) is 78.5 Å². The Labute approximate surface area is 172 Å². The Kier molecular flexibility index (Phi) is 5.63. The lowest BCUT2D eigenvalue weighted by Gasteiger charge is -2.22. The van der Waals surface area contributed by atoms with Crippen LogP contribution in [0.2, 0.25) is 10.0 Å². The minimum absolute atomic E-state index is 0.273. The Morgan fingerprint density at radius 2 is 1.86 bits per heavy atom. The monoisotopic (exact) mass is 419 g/mol. The van der Waals surface area contributed by atoms with Crippen LogP contribution in [0.1, 0.15) is 25.0 Å². The molecule has 0 radical (unpaired) electrons. The standard InChI is InChI=1S/C20H19Cl2N3O3/c1-3-12-6-4-5-7-16(12)23-17(26)11-25-18(27)20(2,24-19(25)28)13-8-9-14(21)15(22)10-13/h4-10H,3,11H2,1-2H3,(H,23,26)(H,24,28). The van der Waals surface area contributed by atoms with Crippen molar-refractivity contribution in [1.82, 2.24) is 10.2 Å². The summed E-state index contributed by atoms with van der Waals surface area (Å²) in [5.74, 6) is -0.988. The number of anilines is 1. The van der Waals surface area contributed by atoms with Gasteiger partial charge in [-0.3, -0.25) is 14.5 Å². The van der Waals surface area contributed by atoms with Crippen molar-refractivity contribution in [1.29, 1.82) is 0 Å². The van der Waals surface area contributed by atoms with E-state index in [1.165, 1.54) is 6.07 Å². The zero-order valence-electron chi connectivity index (χ0n) is 15.4. The minimum atomic E-state index is -1.33. The molecule has 3 rings (SSSR count). The highest BCUT2D eigenvalue weighted by Gasteiger charge is 2.49. The zero-order valence-corrected chi connectivity index (χ0v) is 16.9. The number of hydrogen-bond donors (Lipinski definition) is 2. The number of halogens is 2. The third-order valence-corrected chi connectivity index (χ3v) is 5.49. The third-order valence-electron chi connectivity index (χ3n) is 4.75. The van der Waals surface area contributed by atoms with Gasteiger partial charge < -0.3 is 10.6 Å². The molecule has 8 heteroatoms. The Morgan fingerprint density at radius 3 is 2.54 bits per heavy atom. The Balaban J connectivity index is 1.78. The number of para-hydroxylation sites is 1. The smallest absolute Gasteiger partial charge is 0.324 e. The van der Waals surface area contributed by atoms with Crippen LogP contribution in [-0.2, 0) is 21.5 Å². The largest absolute Gasteiger partial charge is 0.325 e. The molecule has 6 nitrogen and oxygen atoms in total. The summed E-state index contributed by atoms with van der Waals surface area (Å²) in [6, 6.07) is 11.4. The summed E-state index contributed by atoms with van der Waals surface area (Å²) in [5.41, 5.74) is 0.787. The molecular formula is C20H19Cl2N3O3. The molecule has 0 bridgehead atoms. The van der Waals surface area contributed by atoms with Gasteiger partial charge >= 0.3 is 6.03 Å². The number of amides is 4. The first-order valence-electron chi connectivity index (χ1n) is 8.73. The van der Waals surface area contributed by atoms with Gasteiger partial charge in [0.15, 0.2) is 0 Å². The number of imide groups is 1. The molecule has 0 saturated carbocycles. The summed E-state index contributed by atoms with van der Waals surface area (Å²) < 4.78 is 0. The molecule has 2 aromatic carbocycles. The van der Waals surface area contributed by atoms with Crippen molar-refractivity contribution in [3.05, 3.63) is 63.6 Å². The van der Waals surface area contributed by atoms with Crippen molar-refractivity contribution >= 4 is 46.7 Å². The lowest BCUT2D eigenvalue weighted by atomic mass is 9.92. The van der Waals surface area contributed by atoms with Crippen LogP contribution >= 0.6 is 23.2 Å². The lowest BCUT2D eigenvalue weighted by Crippen LogP contribution is -2.42. The van der Waals surface area contributed by atoms with E-state index in [2.05, 4.69) is 10.6 Å². The van der Waals surface area contributed by atoms with E-state index in [0.717, 1.165) is 16.9 Å². The predicted octanol–water partition coefficient (Wildman–Crippen LogP) is 3.96. The van der Waals surface area contributed by atoms with Gasteiger partial charge in [-0.2, -0.15) is 0 Å². The van der Waals surface area contributed by atoms with Crippen LogP contribution < -0.4 is 10.6 Å². The fraction of sp³-hybridized carbons (Fsp3) is 0.250. The van der Waals surface area contributed by atoms with Crippen LogP contribution in [-0.4, -0.2) is 29.3 Å². The summed E-state index contributed by atoms with van der Waals surface area (Å²) in [6.07, 6.45) is 0.745. The van der Waals surface area contributed by atoms with Crippen LogP contribution in [0.4, 0.5) is 10.5 Å². The van der Waals surface area contributed by atoms with Gasteiger partial charge in [-0.1, -0.05) is 54.4 Å². The summed E-state index contributed by atoms with van der Waals surface area (Å²) >= 11 is 12.0. The Bertz CT molecular complexity index is 963. The third kappa shape index (κ3) is 3.70. The van der Waals surface area contributed by atoms with Gasteiger partial charge in [0.25, 0.3) is 5.91 Å². The molecule has 1 heterocycles. The maximum atomic E-state index is 12.9. The second kappa shape index (κ2) is 7.81. The molecule has 1 saturated heterocycles. The molecule has 0 aromatic heterocycles. The zero-order chi connectivity index (χ0) is 20.5. The van der Waals surface area contributed by atoms with Crippen molar-refractivity contribution in [2.24, 2.45) is 0 Å². The fourth-order valence-corrected chi connectivity index (χ4v) is 3.43. The van der Waals surface area contributed by atoms with Gasteiger partial charge in [0.05, 0.1) is 10.0 Å². The van der Waals surface area contributed by atoms with Gasteiger partial charge in [0.1, 0.15) is 12.1 Å². The summed E-state index contributed by atoms with van der Waals surface area (Å²) in [6.45, 7) is 3.15. The molecule has 1 aliphatic rings. The minimum Gasteiger partial charge on any atom is -0.324 e. The SMILES string of the molecule is CCc1ccccc1NC(=O)CN1C(=O)NC(C)(c2ccc(Cl)c(Cl)c2)C1=O. The number of carbonyl (C=O) groups is 3. The average Bonchev–Trinajstić information content (AvgIpc) is 2.88. The predicted molar refractivity (Wildman–Crippen MR) is 109 cm³/mol. The van der Waals surface area contributed by atoms with E-state index in [1.807, 2.05) is 25.1 Å². The molecule has 1 unspecified atom stereocenters. The molecule has 2 aromatic rings. The van der Waals surface area contributed by atoms with Crippen LogP contribution in [0.5, 0.6) is 0 Å². The van der Waals surface area contributed by atoms with Crippen molar-refractivity contribution in [3.63, 3.8) is 0 Å². The molecule has 1 atom stereocenters. The number of rotatable bonds is 5. The number of benzene rings is 2. The van der Waals surface area contributed by atoms with Gasteiger partial charge in [0, 0.05) is 5.69 Å². The maximum absolute atomic E-state index is 12.9. The number of nitrogens with one attached hydrogen (secondary N) is 2. The molecule has 28 heavy (non-hydrogen) atoms. The second-order valence-corrected chi connectivity index (χ2v) is 7.45. The number of hydrogen-bond acceptors (Lipinski definition) is 3. The maximum Gasteiger partial charge on any atom is 0.325 e. The van der Waals surface area contributed by atoms with Crippen molar-refractivity contribution in [3.8, 4) is 0 Å². The van der Waals surface area contributed by atoms with Crippen LogP contribution in [0, 0.1) is 0 Å². The summed E-state index contributed by atoms with van der Waals surface area (Å²) in [5, 5.41) is 6.02. The second-order valence-electron chi connectivity index (χ2n) is 6.63. The fourth-order valence-electron chi connectivity index (χ4n) is 3.13. The van der Waals surface area contributed by atoms with E-state index in [0.29, 0.717) is 16.3 Å². The molecule has 4 amide bonds. The first-order chi connectivity index (χ1) is 13.3. The van der Waals surface area contributed by atoms with E-state index in [4.69, 9.17) is 23.2 Å². The molecule has 1 fully saturated rings.